The van der Waals surface area contributed by atoms with Crippen molar-refractivity contribution in [3.8, 4) is 0 Å². The molecule has 0 aliphatic rings. The van der Waals surface area contributed by atoms with Crippen LogP contribution in [0.4, 0.5) is 0 Å². The first-order valence-electron chi connectivity index (χ1n) is 5.03. The fourth-order valence-corrected chi connectivity index (χ4v) is 1.27. The van der Waals surface area contributed by atoms with Crippen molar-refractivity contribution in [2.45, 2.75) is 6.54 Å². The Kier molecular flexibility index (Phi) is 5.61. The Hall–Kier alpha value is -1.32. The van der Waals surface area contributed by atoms with Gasteiger partial charge in [-0.15, -0.1) is 0 Å². The maximum atomic E-state index is 11.4. The molecule has 1 aromatic carbocycles. The Labute approximate surface area is 100 Å². The van der Waals surface area contributed by atoms with Crippen molar-refractivity contribution >= 4 is 17.5 Å². The lowest BCUT2D eigenvalue weighted by Gasteiger charge is -2.06. The molecule has 0 bridgehead atoms. The summed E-state index contributed by atoms with van der Waals surface area (Å²) in [5, 5.41) is 6.17. The van der Waals surface area contributed by atoms with E-state index in [0.29, 0.717) is 18.1 Å². The Balaban J connectivity index is 2.18. The van der Waals surface area contributed by atoms with Gasteiger partial charge in [-0.3, -0.25) is 4.79 Å². The molecular formula is C12H15ClN2O. The first kappa shape index (κ1) is 12.7. The predicted molar refractivity (Wildman–Crippen MR) is 66.2 cm³/mol. The minimum absolute atomic E-state index is 0.0539. The number of amides is 1. The topological polar surface area (TPSA) is 41.1 Å². The van der Waals surface area contributed by atoms with Gasteiger partial charge in [0.1, 0.15) is 0 Å². The summed E-state index contributed by atoms with van der Waals surface area (Å²) < 4.78 is 0. The second kappa shape index (κ2) is 7.04. The largest absolute Gasteiger partial charge is 0.351 e. The number of nitrogens with one attached hydrogen (secondary N) is 2. The number of carbonyl (C=O) groups excluding carboxylic acids is 1. The quantitative estimate of drug-likeness (QED) is 0.791. The number of hydrogen-bond donors (Lipinski definition) is 2. The van der Waals surface area contributed by atoms with Crippen LogP contribution in [0.5, 0.6) is 0 Å². The van der Waals surface area contributed by atoms with Gasteiger partial charge < -0.3 is 10.6 Å². The van der Waals surface area contributed by atoms with E-state index in [9.17, 15) is 4.79 Å². The molecule has 0 spiro atoms. The molecule has 0 atom stereocenters. The predicted octanol–water partition coefficient (Wildman–Crippen LogP) is 1.64. The number of benzene rings is 1. The highest BCUT2D eigenvalue weighted by molar-refractivity contribution is 6.29. The van der Waals surface area contributed by atoms with E-state index >= 15 is 0 Å². The summed E-state index contributed by atoms with van der Waals surface area (Å²) in [4.78, 5) is 11.4. The Morgan fingerprint density at radius 2 is 1.94 bits per heavy atom. The molecule has 0 unspecified atom stereocenters. The number of halogens is 1. The monoisotopic (exact) mass is 238 g/mol. The summed E-state index contributed by atoms with van der Waals surface area (Å²) in [5.74, 6) is -0.0539. The van der Waals surface area contributed by atoms with Gasteiger partial charge in [0, 0.05) is 18.1 Å². The van der Waals surface area contributed by atoms with Crippen LogP contribution in [0.15, 0.2) is 41.9 Å². The third-order valence-electron chi connectivity index (χ3n) is 1.93. The SMILES string of the molecule is C=C(Cl)CNCC(=O)NCc1ccccc1. The van der Waals surface area contributed by atoms with Crippen LogP contribution in [0.2, 0.25) is 0 Å². The van der Waals surface area contributed by atoms with E-state index in [4.69, 9.17) is 11.6 Å². The highest BCUT2D eigenvalue weighted by Crippen LogP contribution is 1.96. The van der Waals surface area contributed by atoms with Crippen LogP contribution in [-0.2, 0) is 11.3 Å². The standard InChI is InChI=1S/C12H15ClN2O/c1-10(13)7-14-9-12(16)15-8-11-5-3-2-4-6-11/h2-6,14H,1,7-9H2,(H,15,16). The zero-order chi connectivity index (χ0) is 11.8. The highest BCUT2D eigenvalue weighted by atomic mass is 35.5. The molecule has 3 nitrogen and oxygen atoms in total. The van der Waals surface area contributed by atoms with E-state index in [0.717, 1.165) is 5.56 Å². The van der Waals surface area contributed by atoms with Gasteiger partial charge in [0.25, 0.3) is 0 Å². The van der Waals surface area contributed by atoms with Crippen molar-refractivity contribution in [1.29, 1.82) is 0 Å². The van der Waals surface area contributed by atoms with Gasteiger partial charge in [0.15, 0.2) is 0 Å². The first-order valence-corrected chi connectivity index (χ1v) is 5.41. The third-order valence-corrected chi connectivity index (χ3v) is 2.07. The van der Waals surface area contributed by atoms with Gasteiger partial charge in [-0.25, -0.2) is 0 Å². The molecule has 16 heavy (non-hydrogen) atoms. The number of rotatable bonds is 6. The van der Waals surface area contributed by atoms with E-state index in [2.05, 4.69) is 17.2 Å². The molecule has 4 heteroatoms. The molecule has 0 fully saturated rings. The van der Waals surface area contributed by atoms with Gasteiger partial charge in [0.05, 0.1) is 6.54 Å². The zero-order valence-corrected chi connectivity index (χ0v) is 9.76. The van der Waals surface area contributed by atoms with Crippen LogP contribution in [0.25, 0.3) is 0 Å². The third kappa shape index (κ3) is 5.53. The molecule has 1 aromatic rings. The Morgan fingerprint density at radius 1 is 1.25 bits per heavy atom. The zero-order valence-electron chi connectivity index (χ0n) is 9.00. The Morgan fingerprint density at radius 3 is 2.56 bits per heavy atom. The molecule has 0 aliphatic heterocycles. The minimum atomic E-state index is -0.0539. The molecular weight excluding hydrogens is 224 g/mol. The lowest BCUT2D eigenvalue weighted by atomic mass is 10.2. The average Bonchev–Trinajstić information content (AvgIpc) is 2.27. The minimum Gasteiger partial charge on any atom is -0.351 e. The van der Waals surface area contributed by atoms with Gasteiger partial charge in [-0.1, -0.05) is 48.5 Å². The van der Waals surface area contributed by atoms with E-state index in [1.54, 1.807) is 0 Å². The van der Waals surface area contributed by atoms with Crippen LogP contribution in [0, 0.1) is 0 Å². The van der Waals surface area contributed by atoms with Gasteiger partial charge in [-0.2, -0.15) is 0 Å². The Bertz CT molecular complexity index is 351. The van der Waals surface area contributed by atoms with Crippen molar-refractivity contribution in [2.24, 2.45) is 0 Å². The van der Waals surface area contributed by atoms with Gasteiger partial charge in [-0.05, 0) is 5.56 Å². The molecule has 0 radical (unpaired) electrons. The molecule has 1 amide bonds. The summed E-state index contributed by atoms with van der Waals surface area (Å²) in [5.41, 5.74) is 1.08. The fraction of sp³-hybridized carbons (Fsp3) is 0.250. The van der Waals surface area contributed by atoms with Gasteiger partial charge >= 0.3 is 0 Å². The van der Waals surface area contributed by atoms with Crippen LogP contribution in [0.1, 0.15) is 5.56 Å². The van der Waals surface area contributed by atoms with E-state index in [1.807, 2.05) is 30.3 Å². The second-order valence-electron chi connectivity index (χ2n) is 3.38. The summed E-state index contributed by atoms with van der Waals surface area (Å²) in [6.07, 6.45) is 0. The summed E-state index contributed by atoms with van der Waals surface area (Å²) in [6, 6.07) is 9.76. The van der Waals surface area contributed by atoms with Crippen LogP contribution in [-0.4, -0.2) is 19.0 Å². The molecule has 2 N–H and O–H groups in total. The number of carbonyl (C=O) groups is 1. The first-order chi connectivity index (χ1) is 7.68. The van der Waals surface area contributed by atoms with E-state index < -0.39 is 0 Å². The van der Waals surface area contributed by atoms with Crippen molar-refractivity contribution < 1.29 is 4.79 Å². The molecule has 0 heterocycles. The lowest BCUT2D eigenvalue weighted by Crippen LogP contribution is -2.33. The fourth-order valence-electron chi connectivity index (χ4n) is 1.17. The van der Waals surface area contributed by atoms with Crippen LogP contribution < -0.4 is 10.6 Å². The molecule has 0 aliphatic carbocycles. The molecule has 86 valence electrons. The average molecular weight is 239 g/mol. The van der Waals surface area contributed by atoms with Crippen LogP contribution in [0.3, 0.4) is 0 Å². The molecule has 0 aromatic heterocycles. The van der Waals surface area contributed by atoms with Crippen LogP contribution >= 0.6 is 11.6 Å². The smallest absolute Gasteiger partial charge is 0.234 e. The molecule has 0 saturated heterocycles. The summed E-state index contributed by atoms with van der Waals surface area (Å²) in [7, 11) is 0. The van der Waals surface area contributed by atoms with Crippen molar-refractivity contribution in [3.05, 3.63) is 47.5 Å². The summed E-state index contributed by atoms with van der Waals surface area (Å²) >= 11 is 5.55. The highest BCUT2D eigenvalue weighted by Gasteiger charge is 2.00. The van der Waals surface area contributed by atoms with Gasteiger partial charge in [0.2, 0.25) is 5.91 Å². The van der Waals surface area contributed by atoms with Crippen molar-refractivity contribution in [3.63, 3.8) is 0 Å². The normalized spacial score (nSPS) is 9.81. The maximum Gasteiger partial charge on any atom is 0.234 e. The number of hydrogen-bond acceptors (Lipinski definition) is 2. The second-order valence-corrected chi connectivity index (χ2v) is 3.92. The lowest BCUT2D eigenvalue weighted by molar-refractivity contribution is -0.120. The van der Waals surface area contributed by atoms with E-state index in [-0.39, 0.29) is 12.5 Å². The van der Waals surface area contributed by atoms with E-state index in [1.165, 1.54) is 0 Å². The van der Waals surface area contributed by atoms with Crippen molar-refractivity contribution in [2.75, 3.05) is 13.1 Å². The molecule has 1 rings (SSSR count). The maximum absolute atomic E-state index is 11.4. The van der Waals surface area contributed by atoms with Crippen molar-refractivity contribution in [1.82, 2.24) is 10.6 Å². The summed E-state index contributed by atoms with van der Waals surface area (Å²) in [6.45, 7) is 4.75. The molecule has 0 saturated carbocycles.